The standard InChI is InChI=1S/C36H56N2OS2/c1-4-6-8-10-12-14-16-18-28-40-34-26-24-32(37-34)36(30-20-22-31(39-3)23-21-30)33-25-27-35(38-33)41-29-19-17-15-13-11-9-7-5-2/h20-27,36-38H,4-19,28-29H2,1-3H3. The zero-order valence-electron chi connectivity index (χ0n) is 26.1. The summed E-state index contributed by atoms with van der Waals surface area (Å²) in [5.74, 6) is 3.42. The number of H-pyrrole nitrogens is 2. The minimum atomic E-state index is 0.149. The van der Waals surface area contributed by atoms with E-state index in [1.165, 1.54) is 141 Å². The lowest BCUT2D eigenvalue weighted by atomic mass is 9.92. The average Bonchev–Trinajstić information content (AvgIpc) is 3.66. The van der Waals surface area contributed by atoms with E-state index >= 15 is 0 Å². The van der Waals surface area contributed by atoms with Crippen molar-refractivity contribution >= 4 is 23.5 Å². The fourth-order valence-corrected chi connectivity index (χ4v) is 7.29. The first-order valence-corrected chi connectivity index (χ1v) is 18.5. The average molecular weight is 597 g/mol. The summed E-state index contributed by atoms with van der Waals surface area (Å²) in [6, 6.07) is 17.6. The highest BCUT2D eigenvalue weighted by Crippen LogP contribution is 2.35. The predicted octanol–water partition coefficient (Wildman–Crippen LogP) is 12.0. The third kappa shape index (κ3) is 13.0. The minimum absolute atomic E-state index is 0.149. The van der Waals surface area contributed by atoms with Gasteiger partial charge in [-0.3, -0.25) is 0 Å². The molecule has 0 saturated carbocycles. The largest absolute Gasteiger partial charge is 0.497 e. The van der Waals surface area contributed by atoms with Crippen LogP contribution in [0.1, 0.15) is 139 Å². The monoisotopic (exact) mass is 596 g/mol. The number of nitrogens with one attached hydrogen (secondary N) is 2. The van der Waals surface area contributed by atoms with Gasteiger partial charge in [0.1, 0.15) is 5.75 Å². The fraction of sp³-hybridized carbons (Fsp3) is 0.611. The van der Waals surface area contributed by atoms with Gasteiger partial charge in [-0.2, -0.15) is 0 Å². The Hall–Kier alpha value is -1.72. The lowest BCUT2D eigenvalue weighted by Crippen LogP contribution is -2.04. The number of unbranched alkanes of at least 4 members (excludes halogenated alkanes) is 14. The molecule has 0 spiro atoms. The van der Waals surface area contributed by atoms with E-state index < -0.39 is 0 Å². The molecular formula is C36H56N2OS2. The van der Waals surface area contributed by atoms with Crippen LogP contribution in [0.15, 0.2) is 58.6 Å². The van der Waals surface area contributed by atoms with Gasteiger partial charge in [0.05, 0.1) is 23.1 Å². The van der Waals surface area contributed by atoms with E-state index in [0.29, 0.717) is 0 Å². The van der Waals surface area contributed by atoms with Crippen molar-refractivity contribution in [3.63, 3.8) is 0 Å². The minimum Gasteiger partial charge on any atom is -0.497 e. The molecule has 0 saturated heterocycles. The summed E-state index contributed by atoms with van der Waals surface area (Å²) in [6.07, 6.45) is 21.9. The summed E-state index contributed by atoms with van der Waals surface area (Å²) in [5.41, 5.74) is 3.76. The first kappa shape index (κ1) is 33.8. The molecule has 0 bridgehead atoms. The lowest BCUT2D eigenvalue weighted by Gasteiger charge is -2.16. The molecule has 3 nitrogen and oxygen atoms in total. The van der Waals surface area contributed by atoms with Crippen LogP contribution >= 0.6 is 23.5 Å². The number of methoxy groups -OCH3 is 1. The molecule has 5 heteroatoms. The first-order valence-electron chi connectivity index (χ1n) is 16.5. The van der Waals surface area contributed by atoms with Crippen molar-refractivity contribution in [2.75, 3.05) is 18.6 Å². The summed E-state index contributed by atoms with van der Waals surface area (Å²) in [5, 5.41) is 2.55. The second-order valence-electron chi connectivity index (χ2n) is 11.4. The molecule has 2 N–H and O–H groups in total. The molecule has 228 valence electrons. The van der Waals surface area contributed by atoms with E-state index in [-0.39, 0.29) is 5.92 Å². The maximum Gasteiger partial charge on any atom is 0.118 e. The van der Waals surface area contributed by atoms with Gasteiger partial charge in [0.25, 0.3) is 0 Å². The van der Waals surface area contributed by atoms with Crippen molar-refractivity contribution < 1.29 is 4.74 Å². The Morgan fingerprint density at radius 1 is 0.537 bits per heavy atom. The molecule has 0 unspecified atom stereocenters. The highest BCUT2D eigenvalue weighted by molar-refractivity contribution is 7.99. The van der Waals surface area contributed by atoms with E-state index in [1.807, 2.05) is 23.5 Å². The molecule has 0 aliphatic rings. The number of benzene rings is 1. The predicted molar refractivity (Wildman–Crippen MR) is 182 cm³/mol. The number of ether oxygens (including phenoxy) is 1. The number of aromatic amines is 2. The Morgan fingerprint density at radius 3 is 1.37 bits per heavy atom. The summed E-state index contributed by atoms with van der Waals surface area (Å²) in [4.78, 5) is 7.53. The van der Waals surface area contributed by atoms with Gasteiger partial charge in [0.15, 0.2) is 0 Å². The summed E-state index contributed by atoms with van der Waals surface area (Å²) in [7, 11) is 1.73. The second-order valence-corrected chi connectivity index (χ2v) is 13.7. The number of aromatic nitrogens is 2. The zero-order valence-corrected chi connectivity index (χ0v) is 27.8. The van der Waals surface area contributed by atoms with Crippen LogP contribution in [0.2, 0.25) is 0 Å². The zero-order chi connectivity index (χ0) is 29.0. The first-order chi connectivity index (χ1) is 20.2. The summed E-state index contributed by atoms with van der Waals surface area (Å²) >= 11 is 3.93. The van der Waals surface area contributed by atoms with Crippen molar-refractivity contribution in [3.05, 3.63) is 65.5 Å². The molecule has 0 amide bonds. The molecule has 0 fully saturated rings. The molecule has 2 heterocycles. The van der Waals surface area contributed by atoms with Gasteiger partial charge < -0.3 is 14.7 Å². The van der Waals surface area contributed by atoms with Crippen molar-refractivity contribution in [2.24, 2.45) is 0 Å². The van der Waals surface area contributed by atoms with Crippen molar-refractivity contribution in [1.82, 2.24) is 9.97 Å². The molecule has 0 aliphatic heterocycles. The Balaban J connectivity index is 1.52. The number of rotatable bonds is 24. The highest BCUT2D eigenvalue weighted by Gasteiger charge is 2.20. The Kier molecular flexibility index (Phi) is 17.3. The SMILES string of the molecule is CCCCCCCCCCSc1ccc(C(c2ccc(OC)cc2)c2ccc(SCCCCCCCCCC)[nH]2)[nH]1. The van der Waals surface area contributed by atoms with E-state index in [4.69, 9.17) is 4.74 Å². The number of hydrogen-bond donors (Lipinski definition) is 2. The van der Waals surface area contributed by atoms with Crippen molar-refractivity contribution in [3.8, 4) is 5.75 Å². The van der Waals surface area contributed by atoms with Crippen LogP contribution in [0.4, 0.5) is 0 Å². The van der Waals surface area contributed by atoms with Crippen LogP contribution in [0, 0.1) is 0 Å². The summed E-state index contributed by atoms with van der Waals surface area (Å²) in [6.45, 7) is 4.58. The third-order valence-electron chi connectivity index (χ3n) is 7.95. The quantitative estimate of drug-likeness (QED) is 0.0798. The third-order valence-corrected chi connectivity index (χ3v) is 10.0. The Morgan fingerprint density at radius 2 is 0.951 bits per heavy atom. The van der Waals surface area contributed by atoms with Gasteiger partial charge in [-0.25, -0.2) is 0 Å². The van der Waals surface area contributed by atoms with E-state index in [9.17, 15) is 0 Å². The highest BCUT2D eigenvalue weighted by atomic mass is 32.2. The number of thioether (sulfide) groups is 2. The van der Waals surface area contributed by atoms with E-state index in [0.717, 1.165) is 5.75 Å². The van der Waals surface area contributed by atoms with Crippen molar-refractivity contribution in [2.45, 2.75) is 133 Å². The second kappa shape index (κ2) is 21.0. The van der Waals surface area contributed by atoms with Gasteiger partial charge in [0.2, 0.25) is 0 Å². The Labute approximate surface area is 259 Å². The van der Waals surface area contributed by atoms with Crippen LogP contribution in [0.3, 0.4) is 0 Å². The summed E-state index contributed by atoms with van der Waals surface area (Å²) < 4.78 is 5.44. The van der Waals surface area contributed by atoms with Gasteiger partial charge in [-0.05, 0) is 66.3 Å². The van der Waals surface area contributed by atoms with Gasteiger partial charge in [-0.1, -0.05) is 116 Å². The molecule has 3 aromatic rings. The van der Waals surface area contributed by atoms with Gasteiger partial charge in [0, 0.05) is 11.4 Å². The Bertz CT molecular complexity index is 982. The molecule has 0 aliphatic carbocycles. The van der Waals surface area contributed by atoms with E-state index in [2.05, 4.69) is 72.3 Å². The molecule has 3 rings (SSSR count). The van der Waals surface area contributed by atoms with Gasteiger partial charge in [-0.15, -0.1) is 23.5 Å². The maximum atomic E-state index is 5.44. The lowest BCUT2D eigenvalue weighted by molar-refractivity contribution is 0.414. The molecule has 1 aromatic carbocycles. The molecular weight excluding hydrogens is 541 g/mol. The topological polar surface area (TPSA) is 40.8 Å². The maximum absolute atomic E-state index is 5.44. The molecule has 41 heavy (non-hydrogen) atoms. The van der Waals surface area contributed by atoms with Crippen LogP contribution in [0.5, 0.6) is 5.75 Å². The smallest absolute Gasteiger partial charge is 0.118 e. The van der Waals surface area contributed by atoms with Gasteiger partial charge >= 0.3 is 0 Å². The molecule has 0 radical (unpaired) electrons. The van der Waals surface area contributed by atoms with Crippen molar-refractivity contribution in [1.29, 1.82) is 0 Å². The number of hydrogen-bond acceptors (Lipinski definition) is 3. The molecule has 2 aromatic heterocycles. The van der Waals surface area contributed by atoms with Crippen LogP contribution < -0.4 is 4.74 Å². The normalized spacial score (nSPS) is 11.5. The molecule has 0 atom stereocenters. The van der Waals surface area contributed by atoms with Crippen LogP contribution in [-0.4, -0.2) is 28.6 Å². The van der Waals surface area contributed by atoms with E-state index in [1.54, 1.807) is 7.11 Å². The van der Waals surface area contributed by atoms with Crippen LogP contribution in [0.25, 0.3) is 0 Å². The fourth-order valence-electron chi connectivity index (χ4n) is 5.45. The van der Waals surface area contributed by atoms with Crippen LogP contribution in [-0.2, 0) is 0 Å².